The molecule has 2 amide bonds. The highest BCUT2D eigenvalue weighted by molar-refractivity contribution is 7.18. The Morgan fingerprint density at radius 3 is 2.74 bits per heavy atom. The number of anilines is 2. The van der Waals surface area contributed by atoms with E-state index < -0.39 is 0 Å². The van der Waals surface area contributed by atoms with Crippen LogP contribution >= 0.6 is 11.3 Å². The van der Waals surface area contributed by atoms with Crippen molar-refractivity contribution in [2.75, 3.05) is 49.7 Å². The maximum Gasteiger partial charge on any atom is 0.268 e. The molecule has 0 aromatic carbocycles. The van der Waals surface area contributed by atoms with Gasteiger partial charge in [0.15, 0.2) is 10.9 Å². The van der Waals surface area contributed by atoms with Gasteiger partial charge in [-0.3, -0.25) is 14.5 Å². The molecule has 0 spiro atoms. The SMILES string of the molecule is CN1C(=O)C2CCCCN2C(=O)c2sc(N3CCOCC3)nc21. The van der Waals surface area contributed by atoms with Gasteiger partial charge in [0.05, 0.1) is 13.2 Å². The second-order valence-corrected chi connectivity index (χ2v) is 7.13. The van der Waals surface area contributed by atoms with E-state index in [0.717, 1.165) is 37.5 Å². The molecule has 2 fully saturated rings. The monoisotopic (exact) mass is 336 g/mol. The van der Waals surface area contributed by atoms with E-state index in [0.29, 0.717) is 30.5 Å². The van der Waals surface area contributed by atoms with Crippen LogP contribution in [0.1, 0.15) is 28.9 Å². The number of amides is 2. The molecule has 0 N–H and O–H groups in total. The molecule has 1 aromatic rings. The highest BCUT2D eigenvalue weighted by atomic mass is 32.1. The fourth-order valence-corrected chi connectivity index (χ4v) is 4.55. The first-order valence-corrected chi connectivity index (χ1v) is 8.90. The Kier molecular flexibility index (Phi) is 3.73. The lowest BCUT2D eigenvalue weighted by atomic mass is 10.0. The molecule has 1 atom stereocenters. The predicted octanol–water partition coefficient (Wildman–Crippen LogP) is 0.951. The van der Waals surface area contributed by atoms with Crippen molar-refractivity contribution in [3.63, 3.8) is 0 Å². The lowest BCUT2D eigenvalue weighted by Crippen LogP contribution is -2.50. The molecule has 2 saturated heterocycles. The quantitative estimate of drug-likeness (QED) is 0.764. The van der Waals surface area contributed by atoms with Gasteiger partial charge in [0.25, 0.3) is 11.8 Å². The van der Waals surface area contributed by atoms with Gasteiger partial charge in [-0.15, -0.1) is 0 Å². The average molecular weight is 336 g/mol. The highest BCUT2D eigenvalue weighted by Gasteiger charge is 2.41. The number of ether oxygens (including phenoxy) is 1. The number of hydrogen-bond acceptors (Lipinski definition) is 6. The number of carbonyl (C=O) groups excluding carboxylic acids is 2. The van der Waals surface area contributed by atoms with E-state index in [2.05, 4.69) is 9.88 Å². The summed E-state index contributed by atoms with van der Waals surface area (Å²) in [5.41, 5.74) is 0. The van der Waals surface area contributed by atoms with Gasteiger partial charge in [-0.2, -0.15) is 0 Å². The van der Waals surface area contributed by atoms with Crippen LogP contribution in [0.4, 0.5) is 10.9 Å². The normalized spacial score (nSPS) is 25.3. The summed E-state index contributed by atoms with van der Waals surface area (Å²) in [7, 11) is 1.73. The van der Waals surface area contributed by atoms with Gasteiger partial charge >= 0.3 is 0 Å². The molecular formula is C15H20N4O3S. The summed E-state index contributed by atoms with van der Waals surface area (Å²) in [5.74, 6) is 0.455. The first-order chi connectivity index (χ1) is 11.2. The number of likely N-dealkylation sites (N-methyl/N-ethyl adjacent to an activating group) is 1. The summed E-state index contributed by atoms with van der Waals surface area (Å²) in [6, 6.07) is -0.325. The third kappa shape index (κ3) is 2.40. The molecule has 0 aliphatic carbocycles. The topological polar surface area (TPSA) is 66.0 Å². The minimum absolute atomic E-state index is 0.0179. The second kappa shape index (κ2) is 5.76. The van der Waals surface area contributed by atoms with E-state index in [1.807, 2.05) is 0 Å². The number of piperidine rings is 1. The zero-order valence-corrected chi connectivity index (χ0v) is 14.0. The number of thiazole rings is 1. The molecule has 3 aliphatic rings. The summed E-state index contributed by atoms with van der Waals surface area (Å²) >= 11 is 1.40. The van der Waals surface area contributed by atoms with Crippen molar-refractivity contribution in [2.45, 2.75) is 25.3 Å². The number of hydrogen-bond donors (Lipinski definition) is 0. The average Bonchev–Trinajstić information content (AvgIpc) is 3.03. The van der Waals surface area contributed by atoms with Crippen LogP contribution in [0.25, 0.3) is 0 Å². The van der Waals surface area contributed by atoms with Crippen LogP contribution in [-0.2, 0) is 9.53 Å². The van der Waals surface area contributed by atoms with Crippen LogP contribution < -0.4 is 9.80 Å². The highest BCUT2D eigenvalue weighted by Crippen LogP contribution is 2.37. The smallest absolute Gasteiger partial charge is 0.268 e. The number of fused-ring (bicyclic) bond motifs is 2. The Morgan fingerprint density at radius 1 is 1.17 bits per heavy atom. The summed E-state index contributed by atoms with van der Waals surface area (Å²) < 4.78 is 5.37. The molecule has 0 radical (unpaired) electrons. The third-order valence-corrected chi connectivity index (χ3v) is 5.86. The molecule has 0 saturated carbocycles. The molecule has 1 unspecified atom stereocenters. The Labute approximate surface area is 138 Å². The van der Waals surface area contributed by atoms with Gasteiger partial charge in [-0.1, -0.05) is 11.3 Å². The van der Waals surface area contributed by atoms with E-state index >= 15 is 0 Å². The van der Waals surface area contributed by atoms with Gasteiger partial charge in [-0.25, -0.2) is 4.98 Å². The van der Waals surface area contributed by atoms with Crippen LogP contribution in [0.5, 0.6) is 0 Å². The molecule has 0 bridgehead atoms. The largest absolute Gasteiger partial charge is 0.378 e. The lowest BCUT2D eigenvalue weighted by molar-refractivity contribution is -0.123. The number of nitrogens with zero attached hydrogens (tertiary/aromatic N) is 4. The molecular weight excluding hydrogens is 316 g/mol. The van der Waals surface area contributed by atoms with Crippen LogP contribution in [0.2, 0.25) is 0 Å². The standard InChI is InChI=1S/C15H20N4O3S/c1-17-12-11(23-15(16-12)18-6-8-22-9-7-18)14(21)19-5-3-2-4-10(19)13(17)20/h10H,2-9H2,1H3. The van der Waals surface area contributed by atoms with Crippen molar-refractivity contribution in [1.82, 2.24) is 9.88 Å². The van der Waals surface area contributed by atoms with Gasteiger partial charge in [0.1, 0.15) is 10.9 Å². The van der Waals surface area contributed by atoms with E-state index in [1.165, 1.54) is 11.3 Å². The van der Waals surface area contributed by atoms with Crippen molar-refractivity contribution in [1.29, 1.82) is 0 Å². The molecule has 4 heterocycles. The van der Waals surface area contributed by atoms with E-state index in [4.69, 9.17) is 4.74 Å². The van der Waals surface area contributed by atoms with Gasteiger partial charge in [0.2, 0.25) is 0 Å². The third-order valence-electron chi connectivity index (χ3n) is 4.77. The first kappa shape index (κ1) is 14.9. The van der Waals surface area contributed by atoms with Gasteiger partial charge in [0, 0.05) is 26.7 Å². The zero-order valence-electron chi connectivity index (χ0n) is 13.2. The summed E-state index contributed by atoms with van der Waals surface area (Å²) in [6.45, 7) is 3.53. The van der Waals surface area contributed by atoms with Crippen LogP contribution in [0, 0.1) is 0 Å². The summed E-state index contributed by atoms with van der Waals surface area (Å²) in [6.07, 6.45) is 2.71. The minimum atomic E-state index is -0.325. The predicted molar refractivity (Wildman–Crippen MR) is 87.2 cm³/mol. The molecule has 23 heavy (non-hydrogen) atoms. The van der Waals surface area contributed by atoms with Crippen molar-refractivity contribution in [3.8, 4) is 0 Å². The Hall–Kier alpha value is -1.67. The molecule has 4 rings (SSSR count). The van der Waals surface area contributed by atoms with E-state index in [1.54, 1.807) is 16.8 Å². The van der Waals surface area contributed by atoms with Crippen molar-refractivity contribution in [3.05, 3.63) is 4.88 Å². The van der Waals surface area contributed by atoms with Gasteiger partial charge < -0.3 is 14.5 Å². The Balaban J connectivity index is 1.72. The number of rotatable bonds is 1. The second-order valence-electron chi connectivity index (χ2n) is 6.16. The van der Waals surface area contributed by atoms with Crippen molar-refractivity contribution in [2.24, 2.45) is 0 Å². The number of carbonyl (C=O) groups is 2. The first-order valence-electron chi connectivity index (χ1n) is 8.09. The van der Waals surface area contributed by atoms with E-state index in [9.17, 15) is 9.59 Å². The lowest BCUT2D eigenvalue weighted by Gasteiger charge is -2.33. The zero-order chi connectivity index (χ0) is 16.0. The maximum atomic E-state index is 12.9. The molecule has 124 valence electrons. The fraction of sp³-hybridized carbons (Fsp3) is 0.667. The number of morpholine rings is 1. The molecule has 7 nitrogen and oxygen atoms in total. The minimum Gasteiger partial charge on any atom is -0.378 e. The van der Waals surface area contributed by atoms with Gasteiger partial charge in [-0.05, 0) is 19.3 Å². The maximum absolute atomic E-state index is 12.9. The molecule has 8 heteroatoms. The Morgan fingerprint density at radius 2 is 1.96 bits per heavy atom. The fourth-order valence-electron chi connectivity index (χ4n) is 3.45. The summed E-state index contributed by atoms with van der Waals surface area (Å²) in [5, 5.41) is 0.807. The van der Waals surface area contributed by atoms with Crippen LogP contribution in [-0.4, -0.2) is 67.6 Å². The molecule has 1 aromatic heterocycles. The summed E-state index contributed by atoms with van der Waals surface area (Å²) in [4.78, 5) is 36.3. The van der Waals surface area contributed by atoms with Crippen LogP contribution in [0.15, 0.2) is 0 Å². The van der Waals surface area contributed by atoms with Crippen molar-refractivity contribution < 1.29 is 14.3 Å². The van der Waals surface area contributed by atoms with Crippen LogP contribution in [0.3, 0.4) is 0 Å². The molecule has 3 aliphatic heterocycles. The number of aromatic nitrogens is 1. The van der Waals surface area contributed by atoms with Crippen molar-refractivity contribution >= 4 is 34.1 Å². The van der Waals surface area contributed by atoms with E-state index in [-0.39, 0.29) is 17.9 Å². The Bertz CT molecular complexity index is 641.